The lowest BCUT2D eigenvalue weighted by atomic mass is 10.0. The van der Waals surface area contributed by atoms with Gasteiger partial charge in [-0.05, 0) is 46.1 Å². The lowest BCUT2D eigenvalue weighted by Gasteiger charge is -2.21. The van der Waals surface area contributed by atoms with E-state index in [1.807, 2.05) is 0 Å². The van der Waals surface area contributed by atoms with Gasteiger partial charge in [-0.15, -0.1) is 0 Å². The molecule has 0 aliphatic heterocycles. The van der Waals surface area contributed by atoms with Crippen molar-refractivity contribution in [2.45, 2.75) is 52.2 Å². The summed E-state index contributed by atoms with van der Waals surface area (Å²) in [7, 11) is 0. The van der Waals surface area contributed by atoms with Gasteiger partial charge in [-0.2, -0.15) is 0 Å². The maximum Gasteiger partial charge on any atom is 0.0598 e. The van der Waals surface area contributed by atoms with E-state index < -0.39 is 0 Å². The smallest absolute Gasteiger partial charge is 0.0598 e. The normalized spacial score (nSPS) is 13.7. The Hall–Kier alpha value is -0.860. The molecule has 17 heavy (non-hydrogen) atoms. The molecule has 0 aliphatic rings. The van der Waals surface area contributed by atoms with Gasteiger partial charge in [0.15, 0.2) is 0 Å². The number of rotatable bonds is 5. The number of nitrogens with two attached hydrogens (primary N) is 1. The monoisotopic (exact) mass is 235 g/mol. The first kappa shape index (κ1) is 14.2. The summed E-state index contributed by atoms with van der Waals surface area (Å²) < 4.78 is 5.68. The van der Waals surface area contributed by atoms with E-state index in [2.05, 4.69) is 52.0 Å². The highest BCUT2D eigenvalue weighted by Crippen LogP contribution is 2.10. The average Bonchev–Trinajstić information content (AvgIpc) is 2.15. The van der Waals surface area contributed by atoms with E-state index in [4.69, 9.17) is 10.5 Å². The number of hydrogen-bond acceptors (Lipinski definition) is 2. The zero-order chi connectivity index (χ0) is 12.9. The Labute approximate surface area is 105 Å². The van der Waals surface area contributed by atoms with Crippen molar-refractivity contribution in [1.29, 1.82) is 0 Å². The molecule has 0 spiro atoms. The van der Waals surface area contributed by atoms with Gasteiger partial charge in [-0.25, -0.2) is 0 Å². The van der Waals surface area contributed by atoms with Crippen molar-refractivity contribution in [2.24, 2.45) is 5.73 Å². The number of hydrogen-bond donors (Lipinski definition) is 1. The van der Waals surface area contributed by atoms with Crippen LogP contribution in [0.2, 0.25) is 0 Å². The minimum Gasteiger partial charge on any atom is -0.376 e. The third kappa shape index (κ3) is 6.44. The Morgan fingerprint density at radius 2 is 2.00 bits per heavy atom. The van der Waals surface area contributed by atoms with Gasteiger partial charge >= 0.3 is 0 Å². The van der Waals surface area contributed by atoms with Crippen molar-refractivity contribution in [2.75, 3.05) is 6.61 Å². The SMILES string of the molecule is Cc1cccc(CC(N)CCOC(C)(C)C)c1. The Morgan fingerprint density at radius 1 is 1.29 bits per heavy atom. The molecule has 2 nitrogen and oxygen atoms in total. The van der Waals surface area contributed by atoms with Gasteiger partial charge in [0.05, 0.1) is 5.60 Å². The van der Waals surface area contributed by atoms with Crippen molar-refractivity contribution in [3.05, 3.63) is 35.4 Å². The summed E-state index contributed by atoms with van der Waals surface area (Å²) >= 11 is 0. The first-order chi connectivity index (χ1) is 7.87. The molecule has 1 aromatic rings. The van der Waals surface area contributed by atoms with Crippen LogP contribution in [0, 0.1) is 6.92 Å². The second-order valence-electron chi connectivity index (χ2n) is 5.70. The van der Waals surface area contributed by atoms with Crippen LogP contribution in [-0.2, 0) is 11.2 Å². The van der Waals surface area contributed by atoms with Crippen LogP contribution in [0.25, 0.3) is 0 Å². The van der Waals surface area contributed by atoms with Crippen molar-refractivity contribution < 1.29 is 4.74 Å². The van der Waals surface area contributed by atoms with Gasteiger partial charge in [0.1, 0.15) is 0 Å². The van der Waals surface area contributed by atoms with Crippen LogP contribution >= 0.6 is 0 Å². The molecule has 1 unspecified atom stereocenters. The molecule has 0 saturated heterocycles. The molecule has 0 radical (unpaired) electrons. The lowest BCUT2D eigenvalue weighted by Crippen LogP contribution is -2.27. The molecular formula is C15H25NO. The van der Waals surface area contributed by atoms with Gasteiger partial charge in [0.25, 0.3) is 0 Å². The van der Waals surface area contributed by atoms with E-state index >= 15 is 0 Å². The molecule has 0 bridgehead atoms. The lowest BCUT2D eigenvalue weighted by molar-refractivity contribution is -0.00595. The molecule has 0 amide bonds. The average molecular weight is 235 g/mol. The maximum atomic E-state index is 6.11. The summed E-state index contributed by atoms with van der Waals surface area (Å²) in [6.45, 7) is 9.05. The first-order valence-electron chi connectivity index (χ1n) is 6.32. The van der Waals surface area contributed by atoms with E-state index in [1.54, 1.807) is 0 Å². The summed E-state index contributed by atoms with van der Waals surface area (Å²) in [5, 5.41) is 0. The summed E-state index contributed by atoms with van der Waals surface area (Å²) in [6, 6.07) is 8.71. The predicted octanol–water partition coefficient (Wildman–Crippen LogP) is 3.07. The summed E-state index contributed by atoms with van der Waals surface area (Å²) in [6.07, 6.45) is 1.83. The van der Waals surface area contributed by atoms with Gasteiger partial charge in [-0.3, -0.25) is 0 Å². The summed E-state index contributed by atoms with van der Waals surface area (Å²) in [5.41, 5.74) is 8.64. The Bertz CT molecular complexity index is 341. The van der Waals surface area contributed by atoms with Crippen LogP contribution in [0.15, 0.2) is 24.3 Å². The van der Waals surface area contributed by atoms with E-state index in [1.165, 1.54) is 11.1 Å². The molecular weight excluding hydrogens is 210 g/mol. The maximum absolute atomic E-state index is 6.11. The molecule has 0 aromatic heterocycles. The first-order valence-corrected chi connectivity index (χ1v) is 6.32. The highest BCUT2D eigenvalue weighted by Gasteiger charge is 2.11. The zero-order valence-electron chi connectivity index (χ0n) is 11.5. The fourth-order valence-electron chi connectivity index (χ4n) is 1.76. The van der Waals surface area contributed by atoms with Crippen molar-refractivity contribution >= 4 is 0 Å². The van der Waals surface area contributed by atoms with Crippen LogP contribution in [0.1, 0.15) is 38.3 Å². The zero-order valence-corrected chi connectivity index (χ0v) is 11.5. The molecule has 1 aromatic carbocycles. The van der Waals surface area contributed by atoms with Gasteiger partial charge in [0.2, 0.25) is 0 Å². The Morgan fingerprint density at radius 3 is 2.59 bits per heavy atom. The molecule has 0 aliphatic carbocycles. The van der Waals surface area contributed by atoms with Gasteiger partial charge in [0, 0.05) is 12.6 Å². The van der Waals surface area contributed by atoms with Crippen LogP contribution in [0.4, 0.5) is 0 Å². The predicted molar refractivity (Wildman–Crippen MR) is 73.2 cm³/mol. The van der Waals surface area contributed by atoms with Crippen molar-refractivity contribution in [3.8, 4) is 0 Å². The third-order valence-electron chi connectivity index (χ3n) is 2.60. The van der Waals surface area contributed by atoms with E-state index in [0.29, 0.717) is 0 Å². The molecule has 1 atom stereocenters. The number of aryl methyl sites for hydroxylation is 1. The highest BCUT2D eigenvalue weighted by molar-refractivity contribution is 5.22. The summed E-state index contributed by atoms with van der Waals surface area (Å²) in [4.78, 5) is 0. The molecule has 2 heteroatoms. The molecule has 0 heterocycles. The fourth-order valence-corrected chi connectivity index (χ4v) is 1.76. The molecule has 0 saturated carbocycles. The molecule has 96 valence electrons. The molecule has 0 fully saturated rings. The summed E-state index contributed by atoms with van der Waals surface area (Å²) in [5.74, 6) is 0. The highest BCUT2D eigenvalue weighted by atomic mass is 16.5. The molecule has 2 N–H and O–H groups in total. The standard InChI is InChI=1S/C15H25NO/c1-12-6-5-7-13(10-12)11-14(16)8-9-17-15(2,3)4/h5-7,10,14H,8-9,11,16H2,1-4H3. The minimum atomic E-state index is -0.0664. The van der Waals surface area contributed by atoms with E-state index in [-0.39, 0.29) is 11.6 Å². The quantitative estimate of drug-likeness (QED) is 0.851. The van der Waals surface area contributed by atoms with Gasteiger partial charge in [-0.1, -0.05) is 29.8 Å². The second kappa shape index (κ2) is 6.18. The van der Waals surface area contributed by atoms with Crippen molar-refractivity contribution in [1.82, 2.24) is 0 Å². The van der Waals surface area contributed by atoms with Crippen LogP contribution in [0.5, 0.6) is 0 Å². The number of benzene rings is 1. The van der Waals surface area contributed by atoms with Crippen LogP contribution in [0.3, 0.4) is 0 Å². The van der Waals surface area contributed by atoms with Crippen molar-refractivity contribution in [3.63, 3.8) is 0 Å². The third-order valence-corrected chi connectivity index (χ3v) is 2.60. The Kier molecular flexibility index (Phi) is 5.16. The van der Waals surface area contributed by atoms with Crippen LogP contribution in [-0.4, -0.2) is 18.2 Å². The topological polar surface area (TPSA) is 35.2 Å². The van der Waals surface area contributed by atoms with E-state index in [0.717, 1.165) is 19.4 Å². The Balaban J connectivity index is 2.32. The fraction of sp³-hybridized carbons (Fsp3) is 0.600. The number of ether oxygens (including phenoxy) is 1. The minimum absolute atomic E-state index is 0.0664. The van der Waals surface area contributed by atoms with E-state index in [9.17, 15) is 0 Å². The van der Waals surface area contributed by atoms with Crippen LogP contribution < -0.4 is 5.73 Å². The van der Waals surface area contributed by atoms with Gasteiger partial charge < -0.3 is 10.5 Å². The largest absolute Gasteiger partial charge is 0.376 e. The second-order valence-corrected chi connectivity index (χ2v) is 5.70. The molecule has 1 rings (SSSR count).